The Hall–Kier alpha value is -3.63. The predicted molar refractivity (Wildman–Crippen MR) is 132 cm³/mol. The lowest BCUT2D eigenvalue weighted by Crippen LogP contribution is -2.50. The molecule has 0 bridgehead atoms. The first-order valence-electron chi connectivity index (χ1n) is 11.5. The first-order chi connectivity index (χ1) is 17.4. The number of halogens is 3. The van der Waals surface area contributed by atoms with Crippen LogP contribution in [-0.2, 0) is 6.42 Å². The van der Waals surface area contributed by atoms with Gasteiger partial charge in [0.25, 0.3) is 0 Å². The summed E-state index contributed by atoms with van der Waals surface area (Å²) in [6.07, 6.45) is 3.67. The zero-order valence-corrected chi connectivity index (χ0v) is 20.1. The molecule has 0 spiro atoms. The van der Waals surface area contributed by atoms with Gasteiger partial charge >= 0.3 is 6.01 Å². The average Bonchev–Trinajstić information content (AvgIpc) is 2.87. The van der Waals surface area contributed by atoms with Gasteiger partial charge in [0.1, 0.15) is 28.7 Å². The molecular formula is C25H23ClF2N6O2. The second-order valence-corrected chi connectivity index (χ2v) is 8.82. The van der Waals surface area contributed by atoms with Crippen LogP contribution < -0.4 is 15.0 Å². The van der Waals surface area contributed by atoms with Crippen LogP contribution in [0, 0.1) is 11.6 Å². The summed E-state index contributed by atoms with van der Waals surface area (Å²) in [5.41, 5.74) is -0.693. The lowest BCUT2D eigenvalue weighted by atomic mass is 10.0. The Morgan fingerprint density at radius 2 is 1.97 bits per heavy atom. The number of benzene rings is 2. The highest BCUT2D eigenvalue weighted by Gasteiger charge is 2.27. The molecule has 186 valence electrons. The Labute approximate surface area is 211 Å². The third kappa shape index (κ3) is 4.61. The molecule has 2 aromatic carbocycles. The van der Waals surface area contributed by atoms with Crippen molar-refractivity contribution in [3.63, 3.8) is 0 Å². The molecule has 2 N–H and O–H groups in total. The van der Waals surface area contributed by atoms with Gasteiger partial charge in [-0.2, -0.15) is 9.97 Å². The van der Waals surface area contributed by atoms with Gasteiger partial charge in [0.15, 0.2) is 5.82 Å². The number of phenols is 1. The maximum atomic E-state index is 16.0. The number of ether oxygens (including phenoxy) is 1. The fraction of sp³-hybridized carbons (Fsp3) is 0.280. The van der Waals surface area contributed by atoms with E-state index in [4.69, 9.17) is 16.3 Å². The minimum atomic E-state index is -0.874. The molecule has 1 fully saturated rings. The van der Waals surface area contributed by atoms with E-state index >= 15 is 4.39 Å². The smallest absolute Gasteiger partial charge is 0.319 e. The zero-order chi connectivity index (χ0) is 25.2. The van der Waals surface area contributed by atoms with Gasteiger partial charge in [-0.05, 0) is 31.2 Å². The molecule has 8 nitrogen and oxygen atoms in total. The number of phenolic OH excluding ortho intramolecular Hbond substituents is 1. The van der Waals surface area contributed by atoms with E-state index in [9.17, 15) is 9.50 Å². The molecule has 5 rings (SSSR count). The minimum Gasteiger partial charge on any atom is -0.507 e. The maximum absolute atomic E-state index is 16.0. The van der Waals surface area contributed by atoms with Gasteiger partial charge < -0.3 is 20.1 Å². The zero-order valence-electron chi connectivity index (χ0n) is 19.4. The van der Waals surface area contributed by atoms with Gasteiger partial charge in [0.05, 0.1) is 17.2 Å². The number of aromatic hydroxyl groups is 1. The minimum absolute atomic E-state index is 0.0379. The molecule has 1 unspecified atom stereocenters. The third-order valence-corrected chi connectivity index (χ3v) is 6.33. The molecule has 4 aromatic rings. The molecule has 0 amide bonds. The van der Waals surface area contributed by atoms with Crippen molar-refractivity contribution < 1.29 is 18.6 Å². The number of nitrogens with zero attached hydrogens (tertiary/aromatic N) is 5. The largest absolute Gasteiger partial charge is 0.507 e. The van der Waals surface area contributed by atoms with Gasteiger partial charge in [0.2, 0.25) is 0 Å². The van der Waals surface area contributed by atoms with Gasteiger partial charge in [-0.25, -0.2) is 18.7 Å². The van der Waals surface area contributed by atoms with Crippen LogP contribution >= 0.6 is 11.6 Å². The lowest BCUT2D eigenvalue weighted by Gasteiger charge is -2.35. The van der Waals surface area contributed by atoms with Crippen LogP contribution in [0.15, 0.2) is 42.7 Å². The predicted octanol–water partition coefficient (Wildman–Crippen LogP) is 4.14. The van der Waals surface area contributed by atoms with Crippen molar-refractivity contribution in [2.45, 2.75) is 19.4 Å². The van der Waals surface area contributed by atoms with E-state index in [0.29, 0.717) is 36.5 Å². The summed E-state index contributed by atoms with van der Waals surface area (Å²) in [6, 6.07) is 6.97. The molecule has 1 aliphatic heterocycles. The number of piperazine rings is 1. The maximum Gasteiger partial charge on any atom is 0.319 e. The highest BCUT2D eigenvalue weighted by atomic mass is 35.5. The van der Waals surface area contributed by atoms with Gasteiger partial charge in [0, 0.05) is 55.4 Å². The van der Waals surface area contributed by atoms with Crippen molar-refractivity contribution in [2.75, 3.05) is 31.1 Å². The Bertz CT molecular complexity index is 1390. The van der Waals surface area contributed by atoms with Crippen LogP contribution in [0.5, 0.6) is 11.8 Å². The number of hydrogen-bond acceptors (Lipinski definition) is 8. The van der Waals surface area contributed by atoms with Crippen LogP contribution in [-0.4, -0.2) is 57.3 Å². The lowest BCUT2D eigenvalue weighted by molar-refractivity contribution is 0.294. The van der Waals surface area contributed by atoms with Gasteiger partial charge in [-0.15, -0.1) is 0 Å². The normalized spacial score (nSPS) is 15.9. The van der Waals surface area contributed by atoms with Gasteiger partial charge in [-0.1, -0.05) is 17.7 Å². The van der Waals surface area contributed by atoms with Gasteiger partial charge in [-0.3, -0.25) is 0 Å². The number of anilines is 1. The number of aromatic nitrogens is 4. The quantitative estimate of drug-likeness (QED) is 0.398. The summed E-state index contributed by atoms with van der Waals surface area (Å²) in [5, 5.41) is 13.9. The standard InChI is InChI=1S/C25H23ClF2N6O2/c1-14-13-29-9-10-34(14)24-15-12-16(26)20(21-17(27)4-2-5-18(21)35)22(28)23(15)32-25(33-24)36-11-6-19-30-7-3-8-31-19/h2-5,7-8,12,14,29,35H,6,9-11,13H2,1H3. The second kappa shape index (κ2) is 10.2. The Balaban J connectivity index is 1.63. The number of nitrogens with one attached hydrogen (secondary N) is 1. The van der Waals surface area contributed by atoms with E-state index in [2.05, 4.69) is 25.3 Å². The van der Waals surface area contributed by atoms with Crippen LogP contribution in [0.25, 0.3) is 22.0 Å². The number of rotatable bonds is 6. The summed E-state index contributed by atoms with van der Waals surface area (Å²) in [6.45, 7) is 4.25. The average molecular weight is 513 g/mol. The highest BCUT2D eigenvalue weighted by molar-refractivity contribution is 6.34. The van der Waals surface area contributed by atoms with E-state index in [1.807, 2.05) is 11.8 Å². The summed E-state index contributed by atoms with van der Waals surface area (Å²) in [7, 11) is 0. The molecular weight excluding hydrogens is 490 g/mol. The van der Waals surface area contributed by atoms with E-state index in [0.717, 1.165) is 12.6 Å². The molecule has 0 aliphatic carbocycles. The van der Waals surface area contributed by atoms with Crippen molar-refractivity contribution in [3.8, 4) is 22.9 Å². The van der Waals surface area contributed by atoms with Crippen molar-refractivity contribution in [1.82, 2.24) is 25.3 Å². The van der Waals surface area contributed by atoms with Crippen LogP contribution in [0.1, 0.15) is 12.7 Å². The molecule has 1 saturated heterocycles. The van der Waals surface area contributed by atoms with Crippen LogP contribution in [0.2, 0.25) is 5.02 Å². The van der Waals surface area contributed by atoms with Crippen molar-refractivity contribution >= 4 is 28.3 Å². The van der Waals surface area contributed by atoms with E-state index in [1.54, 1.807) is 18.5 Å². The summed E-state index contributed by atoms with van der Waals surface area (Å²) >= 11 is 6.48. The molecule has 11 heteroatoms. The van der Waals surface area contributed by atoms with Crippen molar-refractivity contribution in [1.29, 1.82) is 0 Å². The SMILES string of the molecule is CC1CNCCN1c1nc(OCCc2ncccn2)nc2c(F)c(-c3c(O)cccc3F)c(Cl)cc12. The molecule has 1 atom stereocenters. The monoisotopic (exact) mass is 512 g/mol. The fourth-order valence-corrected chi connectivity index (χ4v) is 4.57. The Morgan fingerprint density at radius 3 is 2.72 bits per heavy atom. The number of hydrogen-bond donors (Lipinski definition) is 2. The molecule has 0 saturated carbocycles. The summed E-state index contributed by atoms with van der Waals surface area (Å²) in [4.78, 5) is 19.3. The Kier molecular flexibility index (Phi) is 6.80. The van der Waals surface area contributed by atoms with E-state index in [1.165, 1.54) is 18.2 Å². The molecule has 3 heterocycles. The van der Waals surface area contributed by atoms with Crippen molar-refractivity contribution in [3.05, 3.63) is 65.2 Å². The number of fused-ring (bicyclic) bond motifs is 1. The first-order valence-corrected chi connectivity index (χ1v) is 11.9. The molecule has 0 radical (unpaired) electrons. The third-order valence-electron chi connectivity index (χ3n) is 6.03. The second-order valence-electron chi connectivity index (χ2n) is 8.42. The molecule has 36 heavy (non-hydrogen) atoms. The van der Waals surface area contributed by atoms with Crippen molar-refractivity contribution in [2.24, 2.45) is 0 Å². The molecule has 2 aromatic heterocycles. The van der Waals surface area contributed by atoms with Crippen LogP contribution in [0.3, 0.4) is 0 Å². The first kappa shape index (κ1) is 24.1. The van der Waals surface area contributed by atoms with E-state index in [-0.39, 0.29) is 40.3 Å². The molecule has 1 aliphatic rings. The summed E-state index contributed by atoms with van der Waals surface area (Å²) < 4.78 is 36.5. The topological polar surface area (TPSA) is 96.3 Å². The fourth-order valence-electron chi connectivity index (χ4n) is 4.28. The summed E-state index contributed by atoms with van der Waals surface area (Å²) in [5.74, 6) is -1.06. The van der Waals surface area contributed by atoms with E-state index < -0.39 is 17.4 Å². The van der Waals surface area contributed by atoms with Crippen LogP contribution in [0.4, 0.5) is 14.6 Å². The Morgan fingerprint density at radius 1 is 1.17 bits per heavy atom. The highest BCUT2D eigenvalue weighted by Crippen LogP contribution is 2.42.